The van der Waals surface area contributed by atoms with Crippen molar-refractivity contribution in [1.82, 2.24) is 4.98 Å². The number of nitrogens with zero attached hydrogens (tertiary/aromatic N) is 1. The molecule has 1 heterocycles. The molecule has 4 heteroatoms. The van der Waals surface area contributed by atoms with Crippen LogP contribution in [0.15, 0.2) is 41.9 Å². The summed E-state index contributed by atoms with van der Waals surface area (Å²) in [6, 6.07) is 12.6. The number of thiazole rings is 1. The Hall–Kier alpha value is -2.07. The van der Waals surface area contributed by atoms with Crippen molar-refractivity contribution in [1.29, 1.82) is 0 Å². The maximum Gasteiger partial charge on any atom is 0.106 e. The Morgan fingerprint density at radius 3 is 2.74 bits per heavy atom. The summed E-state index contributed by atoms with van der Waals surface area (Å²) < 4.78 is 1.12. The van der Waals surface area contributed by atoms with Gasteiger partial charge in [0.15, 0.2) is 0 Å². The predicted octanol–water partition coefficient (Wildman–Crippen LogP) is 3.80. The van der Waals surface area contributed by atoms with Crippen molar-refractivity contribution in [2.45, 2.75) is 13.5 Å². The van der Waals surface area contributed by atoms with Crippen molar-refractivity contribution in [2.75, 3.05) is 11.1 Å². The number of nitrogen functional groups attached to an aromatic ring is 1. The van der Waals surface area contributed by atoms with E-state index in [9.17, 15) is 0 Å². The SMILES string of the molecule is Cc1ccc(CNc2ccc3scnc3c2N)cc1. The van der Waals surface area contributed by atoms with Crippen molar-refractivity contribution >= 4 is 32.9 Å². The quantitative estimate of drug-likeness (QED) is 0.711. The molecule has 0 aliphatic rings. The molecule has 0 amide bonds. The summed E-state index contributed by atoms with van der Waals surface area (Å²) >= 11 is 1.61. The predicted molar refractivity (Wildman–Crippen MR) is 82.5 cm³/mol. The number of hydrogen-bond donors (Lipinski definition) is 2. The number of rotatable bonds is 3. The molecule has 3 rings (SSSR count). The fourth-order valence-electron chi connectivity index (χ4n) is 2.01. The van der Waals surface area contributed by atoms with Gasteiger partial charge in [0.05, 0.1) is 21.6 Å². The van der Waals surface area contributed by atoms with Crippen LogP contribution < -0.4 is 11.1 Å². The molecule has 0 atom stereocenters. The largest absolute Gasteiger partial charge is 0.395 e. The second-order valence-corrected chi connectivity index (χ2v) is 5.45. The normalized spacial score (nSPS) is 10.8. The van der Waals surface area contributed by atoms with Gasteiger partial charge in [-0.15, -0.1) is 11.3 Å². The summed E-state index contributed by atoms with van der Waals surface area (Å²) in [7, 11) is 0. The Labute approximate surface area is 116 Å². The van der Waals surface area contributed by atoms with Crippen LogP contribution in [0.5, 0.6) is 0 Å². The molecule has 0 unspecified atom stereocenters. The van der Waals surface area contributed by atoms with Crippen LogP contribution in [0.1, 0.15) is 11.1 Å². The number of fused-ring (bicyclic) bond motifs is 1. The highest BCUT2D eigenvalue weighted by molar-refractivity contribution is 7.16. The van der Waals surface area contributed by atoms with E-state index in [1.54, 1.807) is 11.3 Å². The molecule has 0 spiro atoms. The van der Waals surface area contributed by atoms with Crippen LogP contribution in [0.3, 0.4) is 0 Å². The number of aryl methyl sites for hydroxylation is 1. The minimum absolute atomic E-state index is 0.728. The van der Waals surface area contributed by atoms with E-state index in [0.29, 0.717) is 0 Å². The average Bonchev–Trinajstić information content (AvgIpc) is 2.89. The Morgan fingerprint density at radius 1 is 1.16 bits per heavy atom. The molecule has 0 saturated heterocycles. The first-order valence-corrected chi connectivity index (χ1v) is 7.03. The van der Waals surface area contributed by atoms with Crippen LogP contribution >= 0.6 is 11.3 Å². The first kappa shape index (κ1) is 12.0. The number of aromatic nitrogens is 1. The minimum atomic E-state index is 0.728. The molecule has 0 saturated carbocycles. The number of nitrogens with one attached hydrogen (secondary N) is 1. The highest BCUT2D eigenvalue weighted by atomic mass is 32.1. The van der Waals surface area contributed by atoms with Gasteiger partial charge in [0, 0.05) is 6.54 Å². The van der Waals surface area contributed by atoms with Gasteiger partial charge < -0.3 is 11.1 Å². The van der Waals surface area contributed by atoms with E-state index < -0.39 is 0 Å². The third-order valence-electron chi connectivity index (χ3n) is 3.15. The first-order valence-electron chi connectivity index (χ1n) is 6.15. The summed E-state index contributed by atoms with van der Waals surface area (Å²) in [6.45, 7) is 2.85. The van der Waals surface area contributed by atoms with Crippen molar-refractivity contribution < 1.29 is 0 Å². The topological polar surface area (TPSA) is 50.9 Å². The molecule has 0 aliphatic heterocycles. The molecule has 0 radical (unpaired) electrons. The molecular formula is C15H15N3S. The lowest BCUT2D eigenvalue weighted by Crippen LogP contribution is -2.02. The number of benzene rings is 2. The van der Waals surface area contributed by atoms with Crippen molar-refractivity contribution in [2.24, 2.45) is 0 Å². The van der Waals surface area contributed by atoms with E-state index in [-0.39, 0.29) is 0 Å². The van der Waals surface area contributed by atoms with Gasteiger partial charge in [-0.2, -0.15) is 0 Å². The lowest BCUT2D eigenvalue weighted by Gasteiger charge is -2.10. The summed E-state index contributed by atoms with van der Waals surface area (Å²) in [5.74, 6) is 0. The molecule has 3 N–H and O–H groups in total. The van der Waals surface area contributed by atoms with Gasteiger partial charge in [-0.3, -0.25) is 0 Å². The van der Waals surface area contributed by atoms with Crippen LogP contribution in [0.4, 0.5) is 11.4 Å². The molecule has 3 aromatic rings. The van der Waals surface area contributed by atoms with E-state index in [1.165, 1.54) is 11.1 Å². The van der Waals surface area contributed by atoms with E-state index >= 15 is 0 Å². The molecule has 1 aromatic heterocycles. The van der Waals surface area contributed by atoms with E-state index in [4.69, 9.17) is 5.73 Å². The van der Waals surface area contributed by atoms with E-state index in [2.05, 4.69) is 47.6 Å². The van der Waals surface area contributed by atoms with Crippen LogP contribution in [0, 0.1) is 6.92 Å². The van der Waals surface area contributed by atoms with Crippen molar-refractivity contribution in [3.63, 3.8) is 0 Å². The van der Waals surface area contributed by atoms with Gasteiger partial charge >= 0.3 is 0 Å². The number of anilines is 2. The molecule has 0 fully saturated rings. The first-order chi connectivity index (χ1) is 9.24. The Balaban J connectivity index is 1.81. The Bertz CT molecular complexity index is 701. The molecule has 19 heavy (non-hydrogen) atoms. The zero-order chi connectivity index (χ0) is 13.2. The van der Waals surface area contributed by atoms with Crippen LogP contribution in [-0.4, -0.2) is 4.98 Å². The van der Waals surface area contributed by atoms with Crippen molar-refractivity contribution in [3.8, 4) is 0 Å². The Kier molecular flexibility index (Phi) is 3.09. The summed E-state index contributed by atoms with van der Waals surface area (Å²) in [4.78, 5) is 4.30. The fourth-order valence-corrected chi connectivity index (χ4v) is 2.70. The zero-order valence-electron chi connectivity index (χ0n) is 10.7. The third-order valence-corrected chi connectivity index (χ3v) is 3.94. The van der Waals surface area contributed by atoms with Crippen LogP contribution in [-0.2, 0) is 6.54 Å². The number of nitrogens with two attached hydrogens (primary N) is 1. The molecule has 0 aliphatic carbocycles. The Morgan fingerprint density at radius 2 is 1.95 bits per heavy atom. The average molecular weight is 269 g/mol. The van der Waals surface area contributed by atoms with Gasteiger partial charge in [-0.1, -0.05) is 29.8 Å². The minimum Gasteiger partial charge on any atom is -0.395 e. The zero-order valence-corrected chi connectivity index (χ0v) is 11.5. The van der Waals surface area contributed by atoms with Gasteiger partial charge in [0.2, 0.25) is 0 Å². The molecule has 3 nitrogen and oxygen atoms in total. The van der Waals surface area contributed by atoms with Gasteiger partial charge in [-0.25, -0.2) is 4.98 Å². The van der Waals surface area contributed by atoms with Gasteiger partial charge in [0.25, 0.3) is 0 Å². The van der Waals surface area contributed by atoms with E-state index in [1.807, 2.05) is 11.6 Å². The monoisotopic (exact) mass is 269 g/mol. The third kappa shape index (κ3) is 2.39. The summed E-state index contributed by atoms with van der Waals surface area (Å²) in [6.07, 6.45) is 0. The maximum atomic E-state index is 6.13. The lowest BCUT2D eigenvalue weighted by molar-refractivity contribution is 1.15. The maximum absolute atomic E-state index is 6.13. The van der Waals surface area contributed by atoms with Crippen molar-refractivity contribution in [3.05, 3.63) is 53.0 Å². The van der Waals surface area contributed by atoms with E-state index in [0.717, 1.165) is 28.1 Å². The highest BCUT2D eigenvalue weighted by Gasteiger charge is 2.06. The fraction of sp³-hybridized carbons (Fsp3) is 0.133. The second-order valence-electron chi connectivity index (χ2n) is 4.57. The molecule has 2 aromatic carbocycles. The van der Waals surface area contributed by atoms with Crippen LogP contribution in [0.25, 0.3) is 10.2 Å². The molecular weight excluding hydrogens is 254 g/mol. The van der Waals surface area contributed by atoms with Crippen LogP contribution in [0.2, 0.25) is 0 Å². The smallest absolute Gasteiger partial charge is 0.106 e. The number of hydrogen-bond acceptors (Lipinski definition) is 4. The second kappa shape index (κ2) is 4.90. The standard InChI is InChI=1S/C15H15N3S/c1-10-2-4-11(5-3-10)8-17-12-6-7-13-15(14(12)16)18-9-19-13/h2-7,9,17H,8,16H2,1H3. The van der Waals surface area contributed by atoms with Gasteiger partial charge in [-0.05, 0) is 24.6 Å². The summed E-state index contributed by atoms with van der Waals surface area (Å²) in [5.41, 5.74) is 13.0. The summed E-state index contributed by atoms with van der Waals surface area (Å²) in [5, 5.41) is 3.37. The van der Waals surface area contributed by atoms with Gasteiger partial charge in [0.1, 0.15) is 5.52 Å². The lowest BCUT2D eigenvalue weighted by atomic mass is 10.1. The highest BCUT2D eigenvalue weighted by Crippen LogP contribution is 2.30. The molecule has 96 valence electrons. The molecule has 0 bridgehead atoms.